The van der Waals surface area contributed by atoms with E-state index in [1.165, 1.54) is 12.1 Å². The Labute approximate surface area is 183 Å². The molecule has 2 aliphatic heterocycles. The molecule has 2 N–H and O–H groups in total. The van der Waals surface area contributed by atoms with E-state index in [1.807, 2.05) is 0 Å². The molecule has 164 valence electrons. The van der Waals surface area contributed by atoms with Crippen molar-refractivity contribution in [3.63, 3.8) is 0 Å². The van der Waals surface area contributed by atoms with Crippen molar-refractivity contribution < 1.29 is 28.7 Å². The fraction of sp³-hybridized carbons (Fsp3) is 0.261. The molecule has 0 saturated carbocycles. The zero-order valence-electron chi connectivity index (χ0n) is 17.3. The van der Waals surface area contributed by atoms with Crippen LogP contribution >= 0.6 is 0 Å². The van der Waals surface area contributed by atoms with Gasteiger partial charge in [-0.15, -0.1) is 0 Å². The monoisotopic (exact) mass is 435 g/mol. The van der Waals surface area contributed by atoms with E-state index < -0.39 is 48.3 Å². The van der Waals surface area contributed by atoms with Crippen LogP contribution in [0.4, 0.5) is 5.69 Å². The molecule has 0 aliphatic carbocycles. The summed E-state index contributed by atoms with van der Waals surface area (Å²) in [7, 11) is 0. The molecule has 0 aromatic heterocycles. The van der Waals surface area contributed by atoms with Crippen LogP contribution in [0.3, 0.4) is 0 Å². The number of anilines is 1. The Balaban J connectivity index is 1.47. The highest BCUT2D eigenvalue weighted by Gasteiger charge is 2.47. The van der Waals surface area contributed by atoms with Crippen molar-refractivity contribution in [1.82, 2.24) is 9.80 Å². The summed E-state index contributed by atoms with van der Waals surface area (Å²) in [5.41, 5.74) is 7.32. The number of esters is 1. The van der Waals surface area contributed by atoms with Gasteiger partial charge in [0.15, 0.2) is 6.73 Å². The van der Waals surface area contributed by atoms with Gasteiger partial charge in [-0.3, -0.25) is 28.9 Å². The van der Waals surface area contributed by atoms with Crippen molar-refractivity contribution in [3.8, 4) is 0 Å². The second kappa shape index (κ2) is 8.26. The highest BCUT2D eigenvalue weighted by Crippen LogP contribution is 2.29. The molecule has 2 aliphatic rings. The molecular weight excluding hydrogens is 414 g/mol. The molecule has 32 heavy (non-hydrogen) atoms. The highest BCUT2D eigenvalue weighted by atomic mass is 16.5. The average molecular weight is 435 g/mol. The Kier molecular flexibility index (Phi) is 5.48. The fourth-order valence-corrected chi connectivity index (χ4v) is 3.97. The lowest BCUT2D eigenvalue weighted by Gasteiger charge is -2.34. The van der Waals surface area contributed by atoms with Crippen LogP contribution in [0.2, 0.25) is 0 Å². The second-order valence-electron chi connectivity index (χ2n) is 7.68. The molecule has 0 spiro atoms. The Morgan fingerprint density at radius 1 is 1.03 bits per heavy atom. The van der Waals surface area contributed by atoms with Crippen LogP contribution in [0.5, 0.6) is 0 Å². The van der Waals surface area contributed by atoms with Gasteiger partial charge in [-0.05, 0) is 37.1 Å². The number of para-hydroxylation sites is 1. The summed E-state index contributed by atoms with van der Waals surface area (Å²) in [5, 5.41) is 0. The van der Waals surface area contributed by atoms with Crippen molar-refractivity contribution in [2.24, 2.45) is 0 Å². The molecule has 1 unspecified atom stereocenters. The normalized spacial score (nSPS) is 19.2. The van der Waals surface area contributed by atoms with Crippen LogP contribution in [0, 0.1) is 0 Å². The summed E-state index contributed by atoms with van der Waals surface area (Å²) in [6.07, 6.45) is -0.0485. The maximum atomic E-state index is 13.0. The van der Waals surface area contributed by atoms with Crippen LogP contribution in [0.1, 0.15) is 52.0 Å². The number of rotatable bonds is 5. The predicted molar refractivity (Wildman–Crippen MR) is 112 cm³/mol. The smallest absolute Gasteiger partial charge is 0.314 e. The number of hydrogen-bond donors (Lipinski definition) is 1. The predicted octanol–water partition coefficient (Wildman–Crippen LogP) is 1.69. The van der Waals surface area contributed by atoms with E-state index >= 15 is 0 Å². The van der Waals surface area contributed by atoms with Crippen molar-refractivity contribution in [2.45, 2.75) is 31.7 Å². The average Bonchev–Trinajstić information content (AvgIpc) is 3.04. The van der Waals surface area contributed by atoms with Crippen LogP contribution < -0.4 is 5.73 Å². The first-order valence-electron chi connectivity index (χ1n) is 10.1. The van der Waals surface area contributed by atoms with E-state index in [2.05, 4.69) is 0 Å². The van der Waals surface area contributed by atoms with E-state index in [-0.39, 0.29) is 24.0 Å². The van der Waals surface area contributed by atoms with Crippen molar-refractivity contribution >= 4 is 35.3 Å². The Morgan fingerprint density at radius 2 is 1.62 bits per heavy atom. The standard InChI is InChI=1S/C23H21N3O6/c1-13(14-6-4-5-9-17(14)24)23(31)32-12-25-19(27)11-10-18(22(25)30)26-20(28)15-7-2-3-8-16(15)21(26)29/h2-9,13,18H,10-12,24H2,1H3/t13-,18?/m0/s1. The van der Waals surface area contributed by atoms with E-state index in [1.54, 1.807) is 43.3 Å². The summed E-state index contributed by atoms with van der Waals surface area (Å²) in [4.78, 5) is 65.0. The van der Waals surface area contributed by atoms with Gasteiger partial charge in [0.25, 0.3) is 17.7 Å². The van der Waals surface area contributed by atoms with E-state index in [4.69, 9.17) is 10.5 Å². The van der Waals surface area contributed by atoms with E-state index in [0.29, 0.717) is 11.3 Å². The van der Waals surface area contributed by atoms with Gasteiger partial charge >= 0.3 is 5.97 Å². The van der Waals surface area contributed by atoms with Crippen LogP contribution in [-0.2, 0) is 19.1 Å². The number of piperidine rings is 1. The highest BCUT2D eigenvalue weighted by molar-refractivity contribution is 6.23. The van der Waals surface area contributed by atoms with Gasteiger partial charge in [0, 0.05) is 12.1 Å². The van der Waals surface area contributed by atoms with E-state index in [9.17, 15) is 24.0 Å². The number of nitrogens with two attached hydrogens (primary N) is 1. The van der Waals surface area contributed by atoms with Crippen LogP contribution in [0.15, 0.2) is 48.5 Å². The Morgan fingerprint density at radius 3 is 2.25 bits per heavy atom. The minimum Gasteiger partial charge on any atom is -0.443 e. The number of nitrogens with zero attached hydrogens (tertiary/aromatic N) is 2. The SMILES string of the molecule is C[C@H](C(=O)OCN1C(=O)CCC(N2C(=O)c3ccccc3C2=O)C1=O)c1ccccc1N. The quantitative estimate of drug-likeness (QED) is 0.430. The molecule has 2 heterocycles. The number of fused-ring (bicyclic) bond motifs is 1. The van der Waals surface area contributed by atoms with Gasteiger partial charge in [0.2, 0.25) is 5.91 Å². The fourth-order valence-electron chi connectivity index (χ4n) is 3.97. The Bertz CT molecular complexity index is 1110. The lowest BCUT2D eigenvalue weighted by molar-refractivity contribution is -0.164. The maximum Gasteiger partial charge on any atom is 0.314 e. The maximum absolute atomic E-state index is 13.0. The van der Waals surface area contributed by atoms with Gasteiger partial charge in [0.05, 0.1) is 17.0 Å². The topological polar surface area (TPSA) is 127 Å². The van der Waals surface area contributed by atoms with Crippen LogP contribution in [-0.4, -0.2) is 52.2 Å². The molecule has 4 rings (SSSR count). The molecule has 0 bridgehead atoms. The molecule has 1 fully saturated rings. The molecular formula is C23H21N3O6. The first kappa shape index (κ1) is 21.2. The molecule has 1 saturated heterocycles. The van der Waals surface area contributed by atoms with Crippen molar-refractivity contribution in [3.05, 3.63) is 65.2 Å². The molecule has 2 aromatic rings. The zero-order chi connectivity index (χ0) is 23.0. The van der Waals surface area contributed by atoms with Gasteiger partial charge < -0.3 is 10.5 Å². The number of nitrogen functional groups attached to an aromatic ring is 1. The number of carbonyl (C=O) groups excluding carboxylic acids is 5. The van der Waals surface area contributed by atoms with Crippen molar-refractivity contribution in [2.75, 3.05) is 12.5 Å². The summed E-state index contributed by atoms with van der Waals surface area (Å²) in [6.45, 7) is 1.00. The molecule has 0 radical (unpaired) electrons. The lowest BCUT2D eigenvalue weighted by atomic mass is 10.00. The number of likely N-dealkylation sites (tertiary alicyclic amines) is 1. The summed E-state index contributed by atoms with van der Waals surface area (Å²) in [5.74, 6) is -3.82. The van der Waals surface area contributed by atoms with Crippen LogP contribution in [0.25, 0.3) is 0 Å². The number of benzene rings is 2. The zero-order valence-corrected chi connectivity index (χ0v) is 17.3. The summed E-state index contributed by atoms with van der Waals surface area (Å²) < 4.78 is 5.22. The lowest BCUT2D eigenvalue weighted by Crippen LogP contribution is -2.56. The minimum atomic E-state index is -1.14. The van der Waals surface area contributed by atoms with Gasteiger partial charge in [-0.2, -0.15) is 0 Å². The first-order valence-corrected chi connectivity index (χ1v) is 10.1. The van der Waals surface area contributed by atoms with Gasteiger partial charge in [-0.25, -0.2) is 4.90 Å². The number of ether oxygens (including phenoxy) is 1. The number of hydrogen-bond acceptors (Lipinski definition) is 7. The molecule has 2 atom stereocenters. The molecule has 4 amide bonds. The third-order valence-electron chi connectivity index (χ3n) is 5.77. The number of imide groups is 2. The van der Waals surface area contributed by atoms with E-state index in [0.717, 1.165) is 9.80 Å². The van der Waals surface area contributed by atoms with Gasteiger partial charge in [-0.1, -0.05) is 30.3 Å². The first-order chi connectivity index (χ1) is 15.3. The molecule has 9 heteroatoms. The third-order valence-corrected chi connectivity index (χ3v) is 5.77. The molecule has 9 nitrogen and oxygen atoms in total. The Hall–Kier alpha value is -4.01. The van der Waals surface area contributed by atoms with Gasteiger partial charge in [0.1, 0.15) is 6.04 Å². The largest absolute Gasteiger partial charge is 0.443 e. The number of amides is 4. The van der Waals surface area contributed by atoms with Crippen molar-refractivity contribution in [1.29, 1.82) is 0 Å². The summed E-state index contributed by atoms with van der Waals surface area (Å²) in [6, 6.07) is 12.0. The minimum absolute atomic E-state index is 0.0184. The third kappa shape index (κ3) is 3.51. The number of carbonyl (C=O) groups is 5. The summed E-state index contributed by atoms with van der Waals surface area (Å²) >= 11 is 0. The molecule has 2 aromatic carbocycles. The second-order valence-corrected chi connectivity index (χ2v) is 7.68.